The van der Waals surface area contributed by atoms with Gasteiger partial charge in [-0.1, -0.05) is 18.2 Å². The molecule has 0 radical (unpaired) electrons. The van der Waals surface area contributed by atoms with Crippen LogP contribution in [0.1, 0.15) is 24.8 Å². The van der Waals surface area contributed by atoms with Gasteiger partial charge in [-0.15, -0.1) is 0 Å². The van der Waals surface area contributed by atoms with Crippen molar-refractivity contribution in [1.82, 2.24) is 10.2 Å². The highest BCUT2D eigenvalue weighted by Gasteiger charge is 2.19. The molecule has 110 valence electrons. The van der Waals surface area contributed by atoms with Gasteiger partial charge in [0.2, 0.25) is 5.91 Å². The van der Waals surface area contributed by atoms with Gasteiger partial charge in [0.05, 0.1) is 7.11 Å². The number of piperidine rings is 1. The number of benzene rings is 1. The van der Waals surface area contributed by atoms with Gasteiger partial charge in [-0.3, -0.25) is 4.79 Å². The molecule has 1 aliphatic heterocycles. The van der Waals surface area contributed by atoms with Gasteiger partial charge < -0.3 is 15.0 Å². The average Bonchev–Trinajstić information content (AvgIpc) is 2.48. The van der Waals surface area contributed by atoms with Gasteiger partial charge in [0, 0.05) is 25.6 Å². The van der Waals surface area contributed by atoms with Gasteiger partial charge in [0.25, 0.3) is 0 Å². The van der Waals surface area contributed by atoms with Crippen LogP contribution >= 0.6 is 0 Å². The van der Waals surface area contributed by atoms with Crippen LogP contribution in [0.2, 0.25) is 0 Å². The Labute approximate surface area is 121 Å². The zero-order valence-electron chi connectivity index (χ0n) is 12.4. The van der Waals surface area contributed by atoms with E-state index in [1.165, 1.54) is 6.42 Å². The minimum Gasteiger partial charge on any atom is -0.496 e. The van der Waals surface area contributed by atoms with E-state index < -0.39 is 0 Å². The lowest BCUT2D eigenvalue weighted by Crippen LogP contribution is -2.34. The van der Waals surface area contributed by atoms with Gasteiger partial charge >= 0.3 is 0 Å². The number of nitrogens with zero attached hydrogens (tertiary/aromatic N) is 1. The molecule has 2 rings (SSSR count). The summed E-state index contributed by atoms with van der Waals surface area (Å²) in [5, 5.41) is 3.36. The fourth-order valence-corrected chi connectivity index (χ4v) is 2.68. The van der Waals surface area contributed by atoms with Crippen LogP contribution in [0.5, 0.6) is 5.75 Å². The fourth-order valence-electron chi connectivity index (χ4n) is 2.68. The maximum atomic E-state index is 12.3. The molecular formula is C16H24N2O2. The molecule has 1 amide bonds. The van der Waals surface area contributed by atoms with Crippen LogP contribution < -0.4 is 10.1 Å². The molecule has 1 aliphatic rings. The van der Waals surface area contributed by atoms with Gasteiger partial charge in [0.15, 0.2) is 0 Å². The predicted molar refractivity (Wildman–Crippen MR) is 79.7 cm³/mol. The lowest BCUT2D eigenvalue weighted by Gasteiger charge is -2.25. The highest BCUT2D eigenvalue weighted by molar-refractivity contribution is 5.76. The van der Waals surface area contributed by atoms with E-state index in [1.807, 2.05) is 31.3 Å². The van der Waals surface area contributed by atoms with Gasteiger partial charge in [-0.25, -0.2) is 0 Å². The van der Waals surface area contributed by atoms with E-state index in [2.05, 4.69) is 5.32 Å². The van der Waals surface area contributed by atoms with Crippen molar-refractivity contribution in [2.24, 2.45) is 5.92 Å². The Morgan fingerprint density at radius 2 is 2.25 bits per heavy atom. The molecule has 0 saturated carbocycles. The van der Waals surface area contributed by atoms with E-state index in [0.717, 1.165) is 30.8 Å². The van der Waals surface area contributed by atoms with Gasteiger partial charge in [-0.05, 0) is 37.9 Å². The van der Waals surface area contributed by atoms with E-state index in [1.54, 1.807) is 12.0 Å². The molecule has 1 fully saturated rings. The Bertz CT molecular complexity index is 442. The number of amides is 1. The first-order valence-corrected chi connectivity index (χ1v) is 7.27. The molecule has 0 spiro atoms. The van der Waals surface area contributed by atoms with E-state index in [4.69, 9.17) is 4.74 Å². The summed E-state index contributed by atoms with van der Waals surface area (Å²) >= 11 is 0. The van der Waals surface area contributed by atoms with Crippen molar-refractivity contribution < 1.29 is 9.53 Å². The number of hydrogen-bond acceptors (Lipinski definition) is 3. The van der Waals surface area contributed by atoms with Crippen molar-refractivity contribution in [3.63, 3.8) is 0 Å². The molecule has 1 N–H and O–H groups in total. The summed E-state index contributed by atoms with van der Waals surface area (Å²) in [5.41, 5.74) is 1.05. The number of hydrogen-bond donors (Lipinski definition) is 1. The van der Waals surface area contributed by atoms with E-state index in [-0.39, 0.29) is 5.91 Å². The third kappa shape index (κ3) is 3.97. The summed E-state index contributed by atoms with van der Waals surface area (Å²) in [5.74, 6) is 1.53. The summed E-state index contributed by atoms with van der Waals surface area (Å²) in [4.78, 5) is 14.1. The van der Waals surface area contributed by atoms with Crippen molar-refractivity contribution in [2.45, 2.75) is 25.8 Å². The maximum absolute atomic E-state index is 12.3. The standard InChI is InChI=1S/C16H24N2O2/c1-18(12-14-7-3-4-8-15(14)20-2)16(19)10-13-6-5-9-17-11-13/h3-4,7-8,13,17H,5-6,9-12H2,1-2H3. The Morgan fingerprint density at radius 3 is 2.95 bits per heavy atom. The summed E-state index contributed by atoms with van der Waals surface area (Å²) < 4.78 is 5.33. The first kappa shape index (κ1) is 14.9. The second-order valence-electron chi connectivity index (χ2n) is 5.48. The first-order chi connectivity index (χ1) is 9.70. The second-order valence-corrected chi connectivity index (χ2v) is 5.48. The SMILES string of the molecule is COc1ccccc1CN(C)C(=O)CC1CCCNC1. The topological polar surface area (TPSA) is 41.6 Å². The van der Waals surface area contributed by atoms with Gasteiger partial charge in [0.1, 0.15) is 5.75 Å². The molecule has 1 aromatic carbocycles. The number of methoxy groups -OCH3 is 1. The van der Waals surface area contributed by atoms with Crippen LogP contribution in [0, 0.1) is 5.92 Å². The number of rotatable bonds is 5. The highest BCUT2D eigenvalue weighted by atomic mass is 16.5. The van der Waals surface area contributed by atoms with Crippen molar-refractivity contribution >= 4 is 5.91 Å². The molecule has 1 atom stereocenters. The third-order valence-electron chi connectivity index (χ3n) is 3.89. The fraction of sp³-hybridized carbons (Fsp3) is 0.562. The Balaban J connectivity index is 1.89. The third-order valence-corrected chi connectivity index (χ3v) is 3.89. The minimum absolute atomic E-state index is 0.213. The van der Waals surface area contributed by atoms with Gasteiger partial charge in [-0.2, -0.15) is 0 Å². The van der Waals surface area contributed by atoms with Crippen LogP contribution in [0.25, 0.3) is 0 Å². The Morgan fingerprint density at radius 1 is 1.45 bits per heavy atom. The normalized spacial score (nSPS) is 18.6. The largest absolute Gasteiger partial charge is 0.496 e. The molecule has 4 heteroatoms. The molecule has 0 aromatic heterocycles. The molecule has 0 bridgehead atoms. The van der Waals surface area contributed by atoms with E-state index in [9.17, 15) is 4.79 Å². The molecule has 1 unspecified atom stereocenters. The van der Waals surface area contributed by atoms with Crippen molar-refractivity contribution in [1.29, 1.82) is 0 Å². The molecule has 4 nitrogen and oxygen atoms in total. The number of ether oxygens (including phenoxy) is 1. The van der Waals surface area contributed by atoms with Crippen LogP contribution in [0.4, 0.5) is 0 Å². The lowest BCUT2D eigenvalue weighted by atomic mass is 9.95. The van der Waals surface area contributed by atoms with Crippen LogP contribution in [0.3, 0.4) is 0 Å². The van der Waals surface area contributed by atoms with E-state index in [0.29, 0.717) is 18.9 Å². The highest BCUT2D eigenvalue weighted by Crippen LogP contribution is 2.20. The Kier molecular flexibility index (Phi) is 5.41. The zero-order valence-corrected chi connectivity index (χ0v) is 12.4. The van der Waals surface area contributed by atoms with Crippen molar-refractivity contribution in [2.75, 3.05) is 27.2 Å². The maximum Gasteiger partial charge on any atom is 0.222 e. The van der Waals surface area contributed by atoms with E-state index >= 15 is 0 Å². The second kappa shape index (κ2) is 7.29. The quantitative estimate of drug-likeness (QED) is 0.895. The number of para-hydroxylation sites is 1. The summed E-state index contributed by atoms with van der Waals surface area (Å²) in [6, 6.07) is 7.85. The molecule has 1 saturated heterocycles. The van der Waals surface area contributed by atoms with Crippen molar-refractivity contribution in [3.05, 3.63) is 29.8 Å². The molecule has 20 heavy (non-hydrogen) atoms. The molecule has 1 heterocycles. The molecule has 1 aromatic rings. The number of carbonyl (C=O) groups is 1. The number of nitrogens with one attached hydrogen (secondary N) is 1. The summed E-state index contributed by atoms with van der Waals surface area (Å²) in [6.07, 6.45) is 2.97. The number of carbonyl (C=O) groups excluding carboxylic acids is 1. The molecule has 0 aliphatic carbocycles. The molecular weight excluding hydrogens is 252 g/mol. The van der Waals surface area contributed by atoms with Crippen LogP contribution in [-0.4, -0.2) is 38.1 Å². The van der Waals surface area contributed by atoms with Crippen LogP contribution in [0.15, 0.2) is 24.3 Å². The Hall–Kier alpha value is -1.55. The minimum atomic E-state index is 0.213. The lowest BCUT2D eigenvalue weighted by molar-refractivity contribution is -0.131. The van der Waals surface area contributed by atoms with Crippen molar-refractivity contribution in [3.8, 4) is 5.75 Å². The van der Waals surface area contributed by atoms with Crippen LogP contribution in [-0.2, 0) is 11.3 Å². The predicted octanol–water partition coefficient (Wildman–Crippen LogP) is 2.04. The monoisotopic (exact) mass is 276 g/mol. The smallest absolute Gasteiger partial charge is 0.222 e. The first-order valence-electron chi connectivity index (χ1n) is 7.27. The average molecular weight is 276 g/mol. The summed E-state index contributed by atoms with van der Waals surface area (Å²) in [6.45, 7) is 2.65. The summed E-state index contributed by atoms with van der Waals surface area (Å²) in [7, 11) is 3.53. The zero-order chi connectivity index (χ0) is 14.4.